The molecule has 3 heteroatoms. The molecule has 0 saturated heterocycles. The van der Waals surface area contributed by atoms with Crippen LogP contribution >= 0.6 is 11.6 Å². The van der Waals surface area contributed by atoms with Gasteiger partial charge in [0.05, 0.1) is 0 Å². The summed E-state index contributed by atoms with van der Waals surface area (Å²) in [6, 6.07) is 14.3. The van der Waals surface area contributed by atoms with Crippen molar-refractivity contribution in [1.29, 1.82) is 0 Å². The molecule has 2 aromatic rings. The lowest BCUT2D eigenvalue weighted by molar-refractivity contribution is 0.299. The van der Waals surface area contributed by atoms with E-state index in [1.54, 1.807) is 0 Å². The molecule has 0 aromatic heterocycles. The normalized spacial score (nSPS) is 12.2. The standard InChI is InChI=1S/C18H22ClNO/c1-4-20-14(3)17-11-16(19)9-10-18(17)21-12-15-8-6-5-7-13(15)2/h5-11,14,20H,4,12H2,1-3H3. The van der Waals surface area contributed by atoms with Gasteiger partial charge in [-0.05, 0) is 49.7 Å². The molecular weight excluding hydrogens is 282 g/mol. The Morgan fingerprint density at radius 1 is 1.19 bits per heavy atom. The summed E-state index contributed by atoms with van der Waals surface area (Å²) in [5.74, 6) is 0.885. The number of rotatable bonds is 6. The van der Waals surface area contributed by atoms with Crippen LogP contribution in [0.4, 0.5) is 0 Å². The highest BCUT2D eigenvalue weighted by molar-refractivity contribution is 6.30. The molecule has 112 valence electrons. The van der Waals surface area contributed by atoms with Crippen molar-refractivity contribution in [3.05, 3.63) is 64.2 Å². The fraction of sp³-hybridized carbons (Fsp3) is 0.333. The van der Waals surface area contributed by atoms with Gasteiger partial charge in [-0.15, -0.1) is 0 Å². The van der Waals surface area contributed by atoms with E-state index in [4.69, 9.17) is 16.3 Å². The minimum absolute atomic E-state index is 0.209. The van der Waals surface area contributed by atoms with E-state index in [-0.39, 0.29) is 6.04 Å². The van der Waals surface area contributed by atoms with Gasteiger partial charge in [-0.1, -0.05) is 42.8 Å². The van der Waals surface area contributed by atoms with Gasteiger partial charge in [-0.3, -0.25) is 0 Å². The molecule has 0 bridgehead atoms. The van der Waals surface area contributed by atoms with E-state index in [2.05, 4.69) is 38.2 Å². The Kier molecular flexibility index (Phi) is 5.66. The number of halogens is 1. The number of aryl methyl sites for hydroxylation is 1. The van der Waals surface area contributed by atoms with Gasteiger partial charge >= 0.3 is 0 Å². The molecular formula is C18H22ClNO. The van der Waals surface area contributed by atoms with E-state index >= 15 is 0 Å². The fourth-order valence-electron chi connectivity index (χ4n) is 2.33. The molecule has 0 heterocycles. The molecule has 0 fully saturated rings. The second kappa shape index (κ2) is 7.48. The zero-order valence-electron chi connectivity index (χ0n) is 12.8. The highest BCUT2D eigenvalue weighted by Crippen LogP contribution is 2.29. The lowest BCUT2D eigenvalue weighted by Crippen LogP contribution is -2.18. The molecule has 0 aliphatic rings. The number of nitrogens with one attached hydrogen (secondary N) is 1. The molecule has 21 heavy (non-hydrogen) atoms. The van der Waals surface area contributed by atoms with Crippen molar-refractivity contribution in [3.63, 3.8) is 0 Å². The van der Waals surface area contributed by atoms with Crippen molar-refractivity contribution < 1.29 is 4.74 Å². The Bertz CT molecular complexity index is 598. The Balaban J connectivity index is 2.18. The molecule has 1 atom stereocenters. The maximum absolute atomic E-state index is 6.12. The highest BCUT2D eigenvalue weighted by Gasteiger charge is 2.12. The van der Waals surface area contributed by atoms with Crippen molar-refractivity contribution >= 4 is 11.6 Å². The average Bonchev–Trinajstić information content (AvgIpc) is 2.47. The topological polar surface area (TPSA) is 21.3 Å². The molecule has 2 nitrogen and oxygen atoms in total. The first-order chi connectivity index (χ1) is 10.1. The first-order valence-electron chi connectivity index (χ1n) is 7.32. The first kappa shape index (κ1) is 15.9. The molecule has 1 N–H and O–H groups in total. The van der Waals surface area contributed by atoms with Crippen LogP contribution in [0.15, 0.2) is 42.5 Å². The molecule has 2 rings (SSSR count). The number of hydrogen-bond acceptors (Lipinski definition) is 2. The maximum Gasteiger partial charge on any atom is 0.124 e. The van der Waals surface area contributed by atoms with Gasteiger partial charge in [0.1, 0.15) is 12.4 Å². The van der Waals surface area contributed by atoms with E-state index in [0.29, 0.717) is 6.61 Å². The summed E-state index contributed by atoms with van der Waals surface area (Å²) in [5, 5.41) is 4.13. The lowest BCUT2D eigenvalue weighted by Gasteiger charge is -2.18. The second-order valence-corrected chi connectivity index (χ2v) is 5.61. The van der Waals surface area contributed by atoms with Crippen LogP contribution in [-0.4, -0.2) is 6.54 Å². The summed E-state index contributed by atoms with van der Waals surface area (Å²) in [4.78, 5) is 0. The first-order valence-corrected chi connectivity index (χ1v) is 7.69. The number of hydrogen-bond donors (Lipinski definition) is 1. The minimum Gasteiger partial charge on any atom is -0.489 e. The van der Waals surface area contributed by atoms with Gasteiger partial charge in [0, 0.05) is 16.6 Å². The molecule has 0 aliphatic carbocycles. The van der Waals surface area contributed by atoms with Gasteiger partial charge in [0.2, 0.25) is 0 Å². The average molecular weight is 304 g/mol. The molecule has 0 aliphatic heterocycles. The van der Waals surface area contributed by atoms with E-state index in [1.807, 2.05) is 30.3 Å². The van der Waals surface area contributed by atoms with Crippen molar-refractivity contribution in [2.24, 2.45) is 0 Å². The lowest BCUT2D eigenvalue weighted by atomic mass is 10.1. The minimum atomic E-state index is 0.209. The van der Waals surface area contributed by atoms with E-state index in [1.165, 1.54) is 11.1 Å². The third kappa shape index (κ3) is 4.23. The van der Waals surface area contributed by atoms with Crippen LogP contribution in [0.25, 0.3) is 0 Å². The summed E-state index contributed by atoms with van der Waals surface area (Å²) < 4.78 is 6.03. The van der Waals surface area contributed by atoms with E-state index in [0.717, 1.165) is 22.9 Å². The molecule has 2 aromatic carbocycles. The van der Waals surface area contributed by atoms with Gasteiger partial charge in [0.15, 0.2) is 0 Å². The number of ether oxygens (including phenoxy) is 1. The van der Waals surface area contributed by atoms with Crippen molar-refractivity contribution in [1.82, 2.24) is 5.32 Å². The number of benzene rings is 2. The Morgan fingerprint density at radius 2 is 1.95 bits per heavy atom. The van der Waals surface area contributed by atoms with Crippen molar-refractivity contribution in [3.8, 4) is 5.75 Å². The van der Waals surface area contributed by atoms with E-state index in [9.17, 15) is 0 Å². The van der Waals surface area contributed by atoms with Crippen LogP contribution in [0.2, 0.25) is 5.02 Å². The zero-order chi connectivity index (χ0) is 15.2. The second-order valence-electron chi connectivity index (χ2n) is 5.18. The third-order valence-electron chi connectivity index (χ3n) is 3.59. The quantitative estimate of drug-likeness (QED) is 0.819. The summed E-state index contributed by atoms with van der Waals surface area (Å²) in [6.45, 7) is 7.79. The van der Waals surface area contributed by atoms with Crippen LogP contribution in [0.3, 0.4) is 0 Å². The summed E-state index contributed by atoms with van der Waals surface area (Å²) >= 11 is 6.12. The van der Waals surface area contributed by atoms with Crippen LogP contribution in [-0.2, 0) is 6.61 Å². The SMILES string of the molecule is CCNC(C)c1cc(Cl)ccc1OCc1ccccc1C. The third-order valence-corrected chi connectivity index (χ3v) is 3.83. The highest BCUT2D eigenvalue weighted by atomic mass is 35.5. The Morgan fingerprint density at radius 3 is 2.67 bits per heavy atom. The predicted octanol–water partition coefficient (Wildman–Crippen LogP) is 4.90. The predicted molar refractivity (Wildman–Crippen MR) is 89.1 cm³/mol. The largest absolute Gasteiger partial charge is 0.489 e. The monoisotopic (exact) mass is 303 g/mol. The molecule has 0 amide bonds. The van der Waals surface area contributed by atoms with Gasteiger partial charge < -0.3 is 10.1 Å². The molecule has 0 saturated carbocycles. The van der Waals surface area contributed by atoms with Crippen LogP contribution in [0.1, 0.15) is 36.6 Å². The Labute approximate surface area is 132 Å². The summed E-state index contributed by atoms with van der Waals surface area (Å²) in [6.07, 6.45) is 0. The smallest absolute Gasteiger partial charge is 0.124 e. The van der Waals surface area contributed by atoms with Gasteiger partial charge in [-0.25, -0.2) is 0 Å². The Hall–Kier alpha value is -1.51. The van der Waals surface area contributed by atoms with Crippen LogP contribution in [0.5, 0.6) is 5.75 Å². The summed E-state index contributed by atoms with van der Waals surface area (Å²) in [7, 11) is 0. The van der Waals surface area contributed by atoms with Gasteiger partial charge in [0.25, 0.3) is 0 Å². The van der Waals surface area contributed by atoms with E-state index < -0.39 is 0 Å². The zero-order valence-corrected chi connectivity index (χ0v) is 13.6. The van der Waals surface area contributed by atoms with Crippen molar-refractivity contribution in [2.45, 2.75) is 33.4 Å². The summed E-state index contributed by atoms with van der Waals surface area (Å²) in [5.41, 5.74) is 3.54. The van der Waals surface area contributed by atoms with Gasteiger partial charge in [-0.2, -0.15) is 0 Å². The molecule has 0 radical (unpaired) electrons. The van der Waals surface area contributed by atoms with Crippen LogP contribution in [0, 0.1) is 6.92 Å². The van der Waals surface area contributed by atoms with Crippen molar-refractivity contribution in [2.75, 3.05) is 6.54 Å². The molecule has 1 unspecified atom stereocenters. The van der Waals surface area contributed by atoms with Crippen LogP contribution < -0.4 is 10.1 Å². The fourth-order valence-corrected chi connectivity index (χ4v) is 2.51. The maximum atomic E-state index is 6.12. The molecule has 0 spiro atoms.